The van der Waals surface area contributed by atoms with E-state index in [0.29, 0.717) is 17.7 Å². The summed E-state index contributed by atoms with van der Waals surface area (Å²) in [5.74, 6) is -0.256. The van der Waals surface area contributed by atoms with Crippen LogP contribution in [0.2, 0.25) is 0 Å². The molecule has 30 heavy (non-hydrogen) atoms. The van der Waals surface area contributed by atoms with Crippen molar-refractivity contribution >= 4 is 0 Å². The fourth-order valence-corrected chi connectivity index (χ4v) is 3.76. The highest BCUT2D eigenvalue weighted by atomic mass is 16.3. The number of aromatic hydroxyl groups is 3. The molecule has 0 saturated carbocycles. The predicted molar refractivity (Wildman–Crippen MR) is 117 cm³/mol. The van der Waals surface area contributed by atoms with E-state index in [4.69, 9.17) is 0 Å². The van der Waals surface area contributed by atoms with Gasteiger partial charge < -0.3 is 24.5 Å². The fraction of sp³-hybridized carbons (Fsp3) is 0.208. The largest absolute Gasteiger partial charge is 0.508 e. The number of rotatable bonds is 6. The van der Waals surface area contributed by atoms with Gasteiger partial charge in [0.25, 0.3) is 0 Å². The molecule has 2 aromatic carbocycles. The van der Waals surface area contributed by atoms with Gasteiger partial charge in [0.2, 0.25) is 5.88 Å². The van der Waals surface area contributed by atoms with Gasteiger partial charge in [0.15, 0.2) is 5.75 Å². The Morgan fingerprint density at radius 1 is 0.900 bits per heavy atom. The van der Waals surface area contributed by atoms with Crippen LogP contribution in [0.4, 0.5) is 0 Å². The van der Waals surface area contributed by atoms with E-state index in [1.807, 2.05) is 42.8 Å². The second-order valence-electron chi connectivity index (χ2n) is 7.55. The lowest BCUT2D eigenvalue weighted by atomic mass is 9.98. The number of nitrogens with zero attached hydrogens (tertiary/aromatic N) is 3. The standard InChI is InChI=1S/C24H25N3O3/c1-16-7-8-19(13-17(16)2)22-21(18-5-3-6-20(28)14-18)23(29)24(30)27(22)11-4-10-26-12-9-25-15-26/h3,5-9,12-15,28-30H,4,10-11H2,1-2H3. The maximum absolute atomic E-state index is 10.8. The Morgan fingerprint density at radius 3 is 2.43 bits per heavy atom. The zero-order valence-electron chi connectivity index (χ0n) is 17.1. The van der Waals surface area contributed by atoms with E-state index in [9.17, 15) is 15.3 Å². The molecule has 0 spiro atoms. The second kappa shape index (κ2) is 7.99. The molecule has 0 aliphatic rings. The lowest BCUT2D eigenvalue weighted by molar-refractivity contribution is 0.368. The molecular formula is C24H25N3O3. The highest BCUT2D eigenvalue weighted by Crippen LogP contribution is 2.47. The van der Waals surface area contributed by atoms with Gasteiger partial charge in [-0.2, -0.15) is 0 Å². The number of hydrogen-bond donors (Lipinski definition) is 3. The summed E-state index contributed by atoms with van der Waals surface area (Å²) in [6.45, 7) is 5.35. The summed E-state index contributed by atoms with van der Waals surface area (Å²) in [6.07, 6.45) is 6.14. The third-order valence-corrected chi connectivity index (χ3v) is 5.48. The number of aromatic nitrogens is 3. The summed E-state index contributed by atoms with van der Waals surface area (Å²) >= 11 is 0. The fourth-order valence-electron chi connectivity index (χ4n) is 3.76. The predicted octanol–water partition coefficient (Wildman–Crippen LogP) is 4.84. The first-order valence-electron chi connectivity index (χ1n) is 9.93. The highest BCUT2D eigenvalue weighted by molar-refractivity contribution is 5.89. The molecule has 0 unspecified atom stereocenters. The minimum absolute atomic E-state index is 0.102. The normalized spacial score (nSPS) is 11.1. The van der Waals surface area contributed by atoms with Crippen molar-refractivity contribution in [3.8, 4) is 39.8 Å². The van der Waals surface area contributed by atoms with E-state index in [-0.39, 0.29) is 17.4 Å². The van der Waals surface area contributed by atoms with Crippen LogP contribution in [0.15, 0.2) is 61.2 Å². The molecule has 0 aliphatic carbocycles. The number of aryl methyl sites for hydroxylation is 3. The number of imidazole rings is 1. The van der Waals surface area contributed by atoms with Crippen molar-refractivity contribution in [3.05, 3.63) is 72.3 Å². The van der Waals surface area contributed by atoms with Crippen molar-refractivity contribution in [1.82, 2.24) is 14.1 Å². The minimum Gasteiger partial charge on any atom is -0.508 e. The molecule has 3 N–H and O–H groups in total. The van der Waals surface area contributed by atoms with Gasteiger partial charge in [-0.3, -0.25) is 0 Å². The summed E-state index contributed by atoms with van der Waals surface area (Å²) in [5.41, 5.74) is 5.07. The van der Waals surface area contributed by atoms with Crippen molar-refractivity contribution in [2.45, 2.75) is 33.4 Å². The van der Waals surface area contributed by atoms with Crippen LogP contribution < -0.4 is 0 Å². The Hall–Kier alpha value is -3.67. The second-order valence-corrected chi connectivity index (χ2v) is 7.55. The maximum Gasteiger partial charge on any atom is 0.235 e. The van der Waals surface area contributed by atoms with Crippen molar-refractivity contribution in [2.75, 3.05) is 0 Å². The van der Waals surface area contributed by atoms with Gasteiger partial charge in [0.05, 0.1) is 17.6 Å². The first kappa shape index (κ1) is 19.6. The molecule has 4 aromatic rings. The van der Waals surface area contributed by atoms with Crippen LogP contribution in [-0.4, -0.2) is 29.4 Å². The Labute approximate surface area is 175 Å². The molecule has 0 radical (unpaired) electrons. The molecule has 4 rings (SSSR count). The summed E-state index contributed by atoms with van der Waals surface area (Å²) in [5, 5.41) is 31.6. The lowest BCUT2D eigenvalue weighted by Crippen LogP contribution is -2.04. The number of phenolic OH excluding ortho intramolecular Hbond substituents is 1. The summed E-state index contributed by atoms with van der Waals surface area (Å²) < 4.78 is 3.72. The van der Waals surface area contributed by atoms with Crippen molar-refractivity contribution < 1.29 is 15.3 Å². The maximum atomic E-state index is 10.8. The first-order valence-corrected chi connectivity index (χ1v) is 9.93. The third-order valence-electron chi connectivity index (χ3n) is 5.48. The molecule has 0 saturated heterocycles. The van der Waals surface area contributed by atoms with Crippen LogP contribution in [0.25, 0.3) is 22.4 Å². The van der Waals surface area contributed by atoms with Crippen molar-refractivity contribution in [3.63, 3.8) is 0 Å². The summed E-state index contributed by atoms with van der Waals surface area (Å²) in [4.78, 5) is 4.06. The number of hydrogen-bond acceptors (Lipinski definition) is 4. The van der Waals surface area contributed by atoms with E-state index in [0.717, 1.165) is 29.8 Å². The van der Waals surface area contributed by atoms with Crippen LogP contribution in [0.3, 0.4) is 0 Å². The van der Waals surface area contributed by atoms with Crippen LogP contribution in [0.5, 0.6) is 17.4 Å². The highest BCUT2D eigenvalue weighted by Gasteiger charge is 2.25. The topological polar surface area (TPSA) is 83.4 Å². The molecule has 6 heteroatoms. The van der Waals surface area contributed by atoms with E-state index in [1.54, 1.807) is 35.3 Å². The van der Waals surface area contributed by atoms with Crippen molar-refractivity contribution in [1.29, 1.82) is 0 Å². The monoisotopic (exact) mass is 403 g/mol. The Bertz CT molecular complexity index is 1180. The van der Waals surface area contributed by atoms with Crippen LogP contribution in [-0.2, 0) is 13.1 Å². The van der Waals surface area contributed by atoms with Crippen LogP contribution >= 0.6 is 0 Å². The van der Waals surface area contributed by atoms with Gasteiger partial charge in [0.1, 0.15) is 5.75 Å². The van der Waals surface area contributed by atoms with Crippen molar-refractivity contribution in [2.24, 2.45) is 0 Å². The quantitative estimate of drug-likeness (QED) is 0.430. The molecule has 0 amide bonds. The molecular weight excluding hydrogens is 378 g/mol. The van der Waals surface area contributed by atoms with Crippen LogP contribution in [0, 0.1) is 13.8 Å². The average molecular weight is 403 g/mol. The molecule has 2 heterocycles. The molecule has 0 aliphatic heterocycles. The van der Waals surface area contributed by atoms with Gasteiger partial charge in [-0.1, -0.05) is 24.3 Å². The first-order chi connectivity index (χ1) is 14.5. The third kappa shape index (κ3) is 3.64. The molecule has 6 nitrogen and oxygen atoms in total. The van der Waals surface area contributed by atoms with Gasteiger partial charge in [0, 0.05) is 25.5 Å². The van der Waals surface area contributed by atoms with Gasteiger partial charge in [-0.15, -0.1) is 0 Å². The van der Waals surface area contributed by atoms with E-state index in [1.165, 1.54) is 5.56 Å². The van der Waals surface area contributed by atoms with Gasteiger partial charge in [-0.25, -0.2) is 4.98 Å². The molecule has 0 bridgehead atoms. The van der Waals surface area contributed by atoms with Crippen LogP contribution in [0.1, 0.15) is 17.5 Å². The minimum atomic E-state index is -0.184. The molecule has 0 fully saturated rings. The molecule has 0 atom stereocenters. The zero-order valence-corrected chi connectivity index (χ0v) is 17.1. The Kier molecular flexibility index (Phi) is 5.23. The zero-order chi connectivity index (χ0) is 21.3. The van der Waals surface area contributed by atoms with E-state index in [2.05, 4.69) is 11.1 Å². The lowest BCUT2D eigenvalue weighted by Gasteiger charge is -2.14. The number of phenols is 1. The molecule has 2 aromatic heterocycles. The molecule has 154 valence electrons. The SMILES string of the molecule is Cc1ccc(-c2c(-c3cccc(O)c3)c(O)c(O)n2CCCn2ccnc2)cc1C. The summed E-state index contributed by atoms with van der Waals surface area (Å²) in [7, 11) is 0. The number of benzene rings is 2. The summed E-state index contributed by atoms with van der Waals surface area (Å²) in [6, 6.07) is 12.8. The van der Waals surface area contributed by atoms with E-state index < -0.39 is 0 Å². The van der Waals surface area contributed by atoms with Gasteiger partial charge >= 0.3 is 0 Å². The Morgan fingerprint density at radius 2 is 1.73 bits per heavy atom. The average Bonchev–Trinajstić information content (AvgIpc) is 3.32. The smallest absolute Gasteiger partial charge is 0.235 e. The van der Waals surface area contributed by atoms with Gasteiger partial charge in [-0.05, 0) is 60.7 Å². The Balaban J connectivity index is 1.83. The van der Waals surface area contributed by atoms with E-state index >= 15 is 0 Å².